The van der Waals surface area contributed by atoms with Gasteiger partial charge in [0.15, 0.2) is 0 Å². The van der Waals surface area contributed by atoms with E-state index in [2.05, 4.69) is 5.32 Å². The second-order valence-electron chi connectivity index (χ2n) is 10.9. The Morgan fingerprint density at radius 1 is 0.972 bits per heavy atom. The summed E-state index contributed by atoms with van der Waals surface area (Å²) in [6.45, 7) is 12.1. The van der Waals surface area contributed by atoms with Gasteiger partial charge in [0.1, 0.15) is 17.3 Å². The van der Waals surface area contributed by atoms with Crippen LogP contribution in [0.1, 0.15) is 58.2 Å². The zero-order valence-corrected chi connectivity index (χ0v) is 21.8. The Bertz CT molecular complexity index is 1420. The largest absolute Gasteiger partial charge is 0.507 e. The highest BCUT2D eigenvalue weighted by atomic mass is 16.3. The molecule has 0 unspecified atom stereocenters. The number of hydrogen-bond donors (Lipinski definition) is 3. The number of amides is 1. The molecule has 0 fully saturated rings. The maximum Gasteiger partial charge on any atom is 0.337 e. The van der Waals surface area contributed by atoms with Gasteiger partial charge in [0.05, 0.1) is 5.69 Å². The number of nitrogens with two attached hydrogens (primary N) is 1. The van der Waals surface area contributed by atoms with Gasteiger partial charge in [-0.15, -0.1) is 0 Å². The average molecular weight is 491 g/mol. The summed E-state index contributed by atoms with van der Waals surface area (Å²) in [5, 5.41) is 13.4. The van der Waals surface area contributed by atoms with E-state index >= 15 is 0 Å². The summed E-state index contributed by atoms with van der Waals surface area (Å²) in [7, 11) is 1.33. The molecule has 8 heteroatoms. The average Bonchev–Trinajstić information content (AvgIpc) is 2.79. The molecule has 3 aromatic rings. The predicted molar refractivity (Wildman–Crippen MR) is 145 cm³/mol. The molecule has 0 aliphatic rings. The number of aromatic nitrogens is 2. The van der Waals surface area contributed by atoms with Crippen molar-refractivity contribution in [3.8, 4) is 11.4 Å². The second-order valence-corrected chi connectivity index (χ2v) is 10.9. The number of hydrogen-bond acceptors (Lipinski definition) is 5. The number of carbonyl (C=O) groups excluding carboxylic acids is 1. The third-order valence-corrected chi connectivity index (χ3v) is 5.93. The van der Waals surface area contributed by atoms with Crippen molar-refractivity contribution in [3.05, 3.63) is 86.1 Å². The predicted octanol–water partition coefficient (Wildman–Crippen LogP) is 4.07. The number of anilines is 2. The molecule has 1 heterocycles. The lowest BCUT2D eigenvalue weighted by Crippen LogP contribution is -2.40. The van der Waals surface area contributed by atoms with Crippen molar-refractivity contribution in [2.24, 2.45) is 7.05 Å². The standard InChI is InChI=1S/C28H34N4O4/c1-27(2,3)19-15-17(16-20(23(19)34)28(4,5)6)13-14-21(33)30-22-24(29)32(18-11-9-8-10-12-18)26(36)31(7)25(22)35/h8-16,34H,29H2,1-7H3,(H,30,33)/b14-13+. The van der Waals surface area contributed by atoms with Crippen LogP contribution in [0, 0.1) is 0 Å². The Kier molecular flexibility index (Phi) is 7.02. The van der Waals surface area contributed by atoms with Crippen molar-refractivity contribution in [3.63, 3.8) is 0 Å². The molecule has 1 amide bonds. The summed E-state index contributed by atoms with van der Waals surface area (Å²) in [6.07, 6.45) is 2.91. The first-order chi connectivity index (χ1) is 16.6. The minimum Gasteiger partial charge on any atom is -0.507 e. The van der Waals surface area contributed by atoms with Crippen molar-refractivity contribution in [1.29, 1.82) is 0 Å². The quantitative estimate of drug-likeness (QED) is 0.476. The van der Waals surface area contributed by atoms with Gasteiger partial charge in [-0.3, -0.25) is 14.2 Å². The molecule has 0 aliphatic heterocycles. The van der Waals surface area contributed by atoms with Gasteiger partial charge >= 0.3 is 5.69 Å². The lowest BCUT2D eigenvalue weighted by atomic mass is 9.78. The zero-order chi connectivity index (χ0) is 27.0. The van der Waals surface area contributed by atoms with E-state index in [0.29, 0.717) is 5.69 Å². The van der Waals surface area contributed by atoms with E-state index in [0.717, 1.165) is 21.3 Å². The van der Waals surface area contributed by atoms with Crippen molar-refractivity contribution in [1.82, 2.24) is 9.13 Å². The van der Waals surface area contributed by atoms with Crippen molar-refractivity contribution in [2.45, 2.75) is 52.4 Å². The van der Waals surface area contributed by atoms with Gasteiger partial charge in [0, 0.05) is 24.3 Å². The highest BCUT2D eigenvalue weighted by molar-refractivity contribution is 6.03. The summed E-state index contributed by atoms with van der Waals surface area (Å²) in [5.41, 5.74) is 6.76. The smallest absolute Gasteiger partial charge is 0.337 e. The number of nitrogens with one attached hydrogen (secondary N) is 1. The maximum absolute atomic E-state index is 12.8. The van der Waals surface area contributed by atoms with E-state index in [4.69, 9.17) is 5.73 Å². The molecule has 1 aromatic heterocycles. The molecule has 3 rings (SSSR count). The van der Waals surface area contributed by atoms with Gasteiger partial charge in [-0.25, -0.2) is 9.36 Å². The van der Waals surface area contributed by atoms with Crippen LogP contribution >= 0.6 is 0 Å². The van der Waals surface area contributed by atoms with Crippen LogP contribution in [0.5, 0.6) is 5.75 Å². The van der Waals surface area contributed by atoms with Crippen molar-refractivity contribution in [2.75, 3.05) is 11.1 Å². The highest BCUT2D eigenvalue weighted by Crippen LogP contribution is 2.40. The number of carbonyl (C=O) groups is 1. The van der Waals surface area contributed by atoms with E-state index < -0.39 is 17.2 Å². The number of para-hydroxylation sites is 1. The van der Waals surface area contributed by atoms with E-state index in [1.807, 2.05) is 53.7 Å². The zero-order valence-electron chi connectivity index (χ0n) is 21.8. The Labute approximate surface area is 210 Å². The molecule has 0 radical (unpaired) electrons. The summed E-state index contributed by atoms with van der Waals surface area (Å²) in [4.78, 5) is 38.3. The molecule has 0 aliphatic carbocycles. The lowest BCUT2D eigenvalue weighted by molar-refractivity contribution is -0.111. The van der Waals surface area contributed by atoms with E-state index in [9.17, 15) is 19.5 Å². The lowest BCUT2D eigenvalue weighted by Gasteiger charge is -2.27. The van der Waals surface area contributed by atoms with Crippen molar-refractivity contribution < 1.29 is 9.90 Å². The summed E-state index contributed by atoms with van der Waals surface area (Å²) >= 11 is 0. The van der Waals surface area contributed by atoms with Crippen molar-refractivity contribution >= 4 is 23.5 Å². The summed E-state index contributed by atoms with van der Waals surface area (Å²) in [5.74, 6) is -0.499. The minimum atomic E-state index is -0.707. The summed E-state index contributed by atoms with van der Waals surface area (Å²) in [6, 6.07) is 12.3. The fourth-order valence-corrected chi connectivity index (χ4v) is 3.91. The molecule has 36 heavy (non-hydrogen) atoms. The van der Waals surface area contributed by atoms with Gasteiger partial charge in [-0.1, -0.05) is 59.7 Å². The third-order valence-electron chi connectivity index (χ3n) is 5.93. The fraction of sp³-hybridized carbons (Fsp3) is 0.321. The first-order valence-electron chi connectivity index (χ1n) is 11.7. The molecule has 8 nitrogen and oxygen atoms in total. The molecular weight excluding hydrogens is 456 g/mol. The molecular formula is C28H34N4O4. The topological polar surface area (TPSA) is 119 Å². The van der Waals surface area contributed by atoms with Crippen LogP contribution in [-0.4, -0.2) is 20.1 Å². The molecule has 0 atom stereocenters. The van der Waals surface area contributed by atoms with E-state index in [-0.39, 0.29) is 28.1 Å². The van der Waals surface area contributed by atoms with E-state index in [1.165, 1.54) is 17.7 Å². The Morgan fingerprint density at radius 2 is 1.50 bits per heavy atom. The van der Waals surface area contributed by atoms with Crippen LogP contribution in [0.15, 0.2) is 58.1 Å². The number of nitrogen functional groups attached to an aromatic ring is 1. The normalized spacial score (nSPS) is 12.2. The Morgan fingerprint density at radius 3 is 2.00 bits per heavy atom. The number of rotatable bonds is 4. The number of aromatic hydroxyl groups is 1. The van der Waals surface area contributed by atoms with Crippen LogP contribution in [0.4, 0.5) is 11.5 Å². The number of benzene rings is 2. The second kappa shape index (κ2) is 9.53. The first kappa shape index (κ1) is 26.5. The van der Waals surface area contributed by atoms with Crippen LogP contribution in [0.25, 0.3) is 11.8 Å². The molecule has 0 saturated carbocycles. The number of nitrogens with zero attached hydrogens (tertiary/aromatic N) is 2. The maximum atomic E-state index is 12.8. The number of phenolic OH excluding ortho intramolecular Hbond substituents is 1. The fourth-order valence-electron chi connectivity index (χ4n) is 3.91. The van der Waals surface area contributed by atoms with Gasteiger partial charge in [0.25, 0.3) is 5.56 Å². The minimum absolute atomic E-state index is 0.161. The Hall–Kier alpha value is -4.07. The first-order valence-corrected chi connectivity index (χ1v) is 11.7. The third kappa shape index (κ3) is 5.27. The SMILES string of the molecule is Cn1c(=O)c(NC(=O)/C=C/c2cc(C(C)(C)C)c(O)c(C(C)(C)C)c2)c(N)n(-c2ccccc2)c1=O. The molecule has 190 valence electrons. The molecule has 0 bridgehead atoms. The van der Waals surface area contributed by atoms with Gasteiger partial charge in [0.2, 0.25) is 5.91 Å². The van der Waals surface area contributed by atoms with Gasteiger partial charge in [-0.05, 0) is 46.7 Å². The van der Waals surface area contributed by atoms with Gasteiger partial charge in [-0.2, -0.15) is 0 Å². The number of phenols is 1. The van der Waals surface area contributed by atoms with Gasteiger partial charge < -0.3 is 16.2 Å². The molecule has 0 spiro atoms. The monoisotopic (exact) mass is 490 g/mol. The Balaban J connectivity index is 2.02. The summed E-state index contributed by atoms with van der Waals surface area (Å²) < 4.78 is 2.07. The molecule has 0 saturated heterocycles. The van der Waals surface area contributed by atoms with E-state index in [1.54, 1.807) is 36.4 Å². The highest BCUT2D eigenvalue weighted by Gasteiger charge is 2.26. The molecule has 4 N–H and O–H groups in total. The van der Waals surface area contributed by atoms with Crippen LogP contribution in [0.3, 0.4) is 0 Å². The van der Waals surface area contributed by atoms with Crippen LogP contribution < -0.4 is 22.3 Å². The van der Waals surface area contributed by atoms with Crippen LogP contribution in [0.2, 0.25) is 0 Å². The molecule has 2 aromatic carbocycles. The van der Waals surface area contributed by atoms with Crippen LogP contribution in [-0.2, 0) is 22.7 Å².